The summed E-state index contributed by atoms with van der Waals surface area (Å²) in [6, 6.07) is 12.3. The predicted molar refractivity (Wildman–Crippen MR) is 86.6 cm³/mol. The van der Waals surface area contributed by atoms with Crippen LogP contribution in [0.25, 0.3) is 20.7 Å². The smallest absolute Gasteiger partial charge is 0.225 e. The van der Waals surface area contributed by atoms with Gasteiger partial charge in [0.1, 0.15) is 9.98 Å². The van der Waals surface area contributed by atoms with Crippen molar-refractivity contribution in [1.82, 2.24) is 9.97 Å². The van der Waals surface area contributed by atoms with Crippen molar-refractivity contribution in [1.29, 1.82) is 0 Å². The largest absolute Gasteiger partial charge is 0.354 e. The highest BCUT2D eigenvalue weighted by molar-refractivity contribution is 7.22. The maximum absolute atomic E-state index is 6.26. The summed E-state index contributed by atoms with van der Waals surface area (Å²) in [4.78, 5) is 10.9. The van der Waals surface area contributed by atoms with E-state index in [2.05, 4.69) is 40.4 Å². The molecule has 102 valence electrons. The first-order valence-corrected chi connectivity index (χ1v) is 7.73. The van der Waals surface area contributed by atoms with E-state index >= 15 is 0 Å². The number of halogens is 1. The molecule has 3 aromatic rings. The number of thiophene rings is 1. The van der Waals surface area contributed by atoms with Gasteiger partial charge in [-0.15, -0.1) is 11.3 Å². The summed E-state index contributed by atoms with van der Waals surface area (Å²) >= 11 is 7.89. The minimum absolute atomic E-state index is 0.507. The van der Waals surface area contributed by atoms with Crippen molar-refractivity contribution in [3.63, 3.8) is 0 Å². The third-order valence-corrected chi connectivity index (χ3v) is 4.30. The third-order valence-electron chi connectivity index (χ3n) is 2.94. The first kappa shape index (κ1) is 13.3. The molecule has 0 radical (unpaired) electrons. The highest BCUT2D eigenvalue weighted by Crippen LogP contribution is 2.35. The average Bonchev–Trinajstić information content (AvgIpc) is 2.91. The Morgan fingerprint density at radius 3 is 2.75 bits per heavy atom. The molecule has 0 atom stereocenters. The van der Waals surface area contributed by atoms with Crippen LogP contribution in [0.2, 0.25) is 5.15 Å². The lowest BCUT2D eigenvalue weighted by atomic mass is 10.2. The zero-order valence-corrected chi connectivity index (χ0v) is 12.6. The van der Waals surface area contributed by atoms with E-state index in [0.717, 1.165) is 28.1 Å². The van der Waals surface area contributed by atoms with Gasteiger partial charge in [-0.05, 0) is 18.1 Å². The lowest BCUT2D eigenvalue weighted by Gasteiger charge is -2.02. The van der Waals surface area contributed by atoms with Crippen LogP contribution < -0.4 is 5.32 Å². The van der Waals surface area contributed by atoms with Crippen molar-refractivity contribution >= 4 is 39.1 Å². The van der Waals surface area contributed by atoms with Gasteiger partial charge in [0.15, 0.2) is 0 Å². The molecule has 20 heavy (non-hydrogen) atoms. The third kappa shape index (κ3) is 2.62. The monoisotopic (exact) mass is 303 g/mol. The number of rotatable bonds is 4. The maximum Gasteiger partial charge on any atom is 0.225 e. The van der Waals surface area contributed by atoms with E-state index in [-0.39, 0.29) is 0 Å². The minimum atomic E-state index is 0.507. The molecule has 0 saturated carbocycles. The molecule has 3 rings (SSSR count). The van der Waals surface area contributed by atoms with Crippen molar-refractivity contribution in [3.05, 3.63) is 41.6 Å². The van der Waals surface area contributed by atoms with Gasteiger partial charge in [0.05, 0.1) is 0 Å². The number of hydrogen-bond donors (Lipinski definition) is 1. The van der Waals surface area contributed by atoms with Crippen molar-refractivity contribution in [2.75, 3.05) is 11.9 Å². The molecular weight excluding hydrogens is 290 g/mol. The van der Waals surface area contributed by atoms with Crippen molar-refractivity contribution in [2.24, 2.45) is 0 Å². The first-order chi connectivity index (χ1) is 9.78. The van der Waals surface area contributed by atoms with Crippen LogP contribution in [0.1, 0.15) is 13.3 Å². The number of nitrogens with zero attached hydrogens (tertiary/aromatic N) is 2. The number of nitrogens with one attached hydrogen (secondary N) is 1. The van der Waals surface area contributed by atoms with Crippen LogP contribution >= 0.6 is 22.9 Å². The van der Waals surface area contributed by atoms with Crippen LogP contribution in [0.4, 0.5) is 5.95 Å². The Bertz CT molecular complexity index is 725. The van der Waals surface area contributed by atoms with Gasteiger partial charge < -0.3 is 5.32 Å². The molecule has 0 saturated heterocycles. The van der Waals surface area contributed by atoms with Gasteiger partial charge in [0.25, 0.3) is 0 Å². The number of benzene rings is 1. The van der Waals surface area contributed by atoms with Crippen molar-refractivity contribution < 1.29 is 0 Å². The molecule has 2 heterocycles. The van der Waals surface area contributed by atoms with Gasteiger partial charge >= 0.3 is 0 Å². The molecule has 2 aromatic heterocycles. The molecule has 0 aliphatic rings. The molecule has 0 bridgehead atoms. The first-order valence-electron chi connectivity index (χ1n) is 6.54. The van der Waals surface area contributed by atoms with E-state index in [1.165, 1.54) is 5.56 Å². The summed E-state index contributed by atoms with van der Waals surface area (Å²) in [5.74, 6) is 0.603. The van der Waals surface area contributed by atoms with E-state index in [1.807, 2.05) is 18.2 Å². The predicted octanol–water partition coefficient (Wildman–Crippen LogP) is 4.83. The fourth-order valence-electron chi connectivity index (χ4n) is 1.95. The Morgan fingerprint density at radius 2 is 2.00 bits per heavy atom. The van der Waals surface area contributed by atoms with Crippen LogP contribution in [0.5, 0.6) is 0 Å². The highest BCUT2D eigenvalue weighted by atomic mass is 35.5. The van der Waals surface area contributed by atoms with E-state index in [9.17, 15) is 0 Å². The maximum atomic E-state index is 6.26. The summed E-state index contributed by atoms with van der Waals surface area (Å²) in [6.45, 7) is 2.95. The Balaban J connectivity index is 2.04. The van der Waals surface area contributed by atoms with Gasteiger partial charge in [-0.3, -0.25) is 0 Å². The Kier molecular flexibility index (Phi) is 3.85. The molecule has 0 fully saturated rings. The van der Waals surface area contributed by atoms with Gasteiger partial charge in [0, 0.05) is 16.8 Å². The van der Waals surface area contributed by atoms with Crippen LogP contribution in [-0.2, 0) is 0 Å². The van der Waals surface area contributed by atoms with E-state index < -0.39 is 0 Å². The second-order valence-corrected chi connectivity index (χ2v) is 5.85. The second-order valence-electron chi connectivity index (χ2n) is 4.46. The summed E-state index contributed by atoms with van der Waals surface area (Å²) in [7, 11) is 0. The topological polar surface area (TPSA) is 37.8 Å². The number of hydrogen-bond acceptors (Lipinski definition) is 4. The standard InChI is InChI=1S/C15H14ClN3S/c1-2-8-17-15-18-13(16)11-9-12(20-14(11)19-15)10-6-4-3-5-7-10/h3-7,9H,2,8H2,1H3,(H,17,18,19). The average molecular weight is 304 g/mol. The lowest BCUT2D eigenvalue weighted by molar-refractivity contribution is 0.958. The SMILES string of the molecule is CCCNc1nc(Cl)c2cc(-c3ccccc3)sc2n1. The summed E-state index contributed by atoms with van der Waals surface area (Å²) < 4.78 is 0. The van der Waals surface area contributed by atoms with Gasteiger partial charge in [0.2, 0.25) is 5.95 Å². The minimum Gasteiger partial charge on any atom is -0.354 e. The number of aromatic nitrogens is 2. The molecule has 5 heteroatoms. The Hall–Kier alpha value is -1.65. The zero-order chi connectivity index (χ0) is 13.9. The van der Waals surface area contributed by atoms with Crippen LogP contribution in [-0.4, -0.2) is 16.5 Å². The normalized spacial score (nSPS) is 10.9. The van der Waals surface area contributed by atoms with Crippen LogP contribution in [0.3, 0.4) is 0 Å². The van der Waals surface area contributed by atoms with Gasteiger partial charge in [-0.2, -0.15) is 0 Å². The van der Waals surface area contributed by atoms with Crippen LogP contribution in [0.15, 0.2) is 36.4 Å². The number of fused-ring (bicyclic) bond motifs is 1. The lowest BCUT2D eigenvalue weighted by Crippen LogP contribution is -2.03. The Morgan fingerprint density at radius 1 is 1.20 bits per heavy atom. The quantitative estimate of drug-likeness (QED) is 0.701. The molecule has 3 nitrogen and oxygen atoms in total. The molecule has 1 aromatic carbocycles. The summed E-state index contributed by atoms with van der Waals surface area (Å²) in [5.41, 5.74) is 1.18. The van der Waals surface area contributed by atoms with E-state index in [0.29, 0.717) is 11.1 Å². The fourth-order valence-corrected chi connectivity index (χ4v) is 3.26. The van der Waals surface area contributed by atoms with Crippen molar-refractivity contribution in [2.45, 2.75) is 13.3 Å². The summed E-state index contributed by atoms with van der Waals surface area (Å²) in [6.07, 6.45) is 1.03. The summed E-state index contributed by atoms with van der Waals surface area (Å²) in [5, 5.41) is 4.60. The highest BCUT2D eigenvalue weighted by Gasteiger charge is 2.11. The molecular formula is C15H14ClN3S. The molecule has 0 amide bonds. The number of anilines is 1. The van der Waals surface area contributed by atoms with Gasteiger partial charge in [-0.1, -0.05) is 48.9 Å². The van der Waals surface area contributed by atoms with E-state index in [4.69, 9.17) is 11.6 Å². The molecule has 0 unspecified atom stereocenters. The fraction of sp³-hybridized carbons (Fsp3) is 0.200. The molecule has 0 spiro atoms. The zero-order valence-electron chi connectivity index (χ0n) is 11.1. The second kappa shape index (κ2) is 5.77. The van der Waals surface area contributed by atoms with Crippen LogP contribution in [0, 0.1) is 0 Å². The Labute approximate surface area is 126 Å². The molecule has 1 N–H and O–H groups in total. The molecule has 0 aliphatic carbocycles. The van der Waals surface area contributed by atoms with E-state index in [1.54, 1.807) is 11.3 Å². The van der Waals surface area contributed by atoms with Crippen molar-refractivity contribution in [3.8, 4) is 10.4 Å². The molecule has 0 aliphatic heterocycles. The van der Waals surface area contributed by atoms with Gasteiger partial charge in [-0.25, -0.2) is 9.97 Å².